The predicted molar refractivity (Wildman–Crippen MR) is 58.3 cm³/mol. The summed E-state index contributed by atoms with van der Waals surface area (Å²) in [5.74, 6) is -0.378. The highest BCUT2D eigenvalue weighted by Crippen LogP contribution is 2.19. The van der Waals surface area contributed by atoms with Gasteiger partial charge in [-0.15, -0.1) is 10.2 Å². The van der Waals surface area contributed by atoms with Gasteiger partial charge in [-0.25, -0.2) is 4.79 Å². The Morgan fingerprint density at radius 2 is 2.39 bits per heavy atom. The molecule has 0 aliphatic carbocycles. The number of urea groups is 1. The molecule has 3 N–H and O–H groups in total. The summed E-state index contributed by atoms with van der Waals surface area (Å²) in [6.45, 7) is 1.26. The van der Waals surface area contributed by atoms with Crippen LogP contribution in [0.15, 0.2) is 0 Å². The molecule has 2 rings (SSSR count). The van der Waals surface area contributed by atoms with E-state index in [4.69, 9.17) is 5.11 Å². The number of H-pyrrole nitrogens is 1. The molecule has 0 saturated carbocycles. The molecule has 18 heavy (non-hydrogen) atoms. The van der Waals surface area contributed by atoms with Crippen LogP contribution in [0, 0.1) is 5.92 Å². The summed E-state index contributed by atoms with van der Waals surface area (Å²) < 4.78 is 0. The van der Waals surface area contributed by atoms with E-state index < -0.39 is 5.97 Å². The number of likely N-dealkylation sites (tertiary alicyclic amines) is 1. The number of carbonyl (C=O) groups is 2. The Bertz CT molecular complexity index is 420. The quantitative estimate of drug-likeness (QED) is 0.646. The van der Waals surface area contributed by atoms with Crippen LogP contribution in [0.5, 0.6) is 0 Å². The molecular weight excluding hydrogens is 240 g/mol. The molecule has 1 fully saturated rings. The number of aliphatic carboxylic acids is 1. The molecule has 98 valence electrons. The van der Waals surface area contributed by atoms with Gasteiger partial charge < -0.3 is 15.3 Å². The average molecular weight is 254 g/mol. The third-order valence-corrected chi connectivity index (χ3v) is 2.82. The first-order valence-electron chi connectivity index (χ1n) is 5.62. The number of hydrogen-bond acceptors (Lipinski definition) is 5. The predicted octanol–water partition coefficient (Wildman–Crippen LogP) is -0.794. The number of amides is 2. The molecule has 0 radical (unpaired) electrons. The highest BCUT2D eigenvalue weighted by atomic mass is 16.4. The van der Waals surface area contributed by atoms with Gasteiger partial charge in [0.2, 0.25) is 0 Å². The van der Waals surface area contributed by atoms with Crippen LogP contribution in [0.25, 0.3) is 0 Å². The van der Waals surface area contributed by atoms with Crippen LogP contribution in [0.1, 0.15) is 18.7 Å². The molecule has 1 aliphatic heterocycles. The van der Waals surface area contributed by atoms with Crippen LogP contribution in [0.2, 0.25) is 0 Å². The number of aromatic nitrogens is 4. The molecule has 2 amide bonds. The van der Waals surface area contributed by atoms with Crippen LogP contribution in [-0.2, 0) is 11.3 Å². The first-order valence-corrected chi connectivity index (χ1v) is 5.62. The fraction of sp³-hybridized carbons (Fsp3) is 0.667. The first kappa shape index (κ1) is 12.3. The van der Waals surface area contributed by atoms with Crippen molar-refractivity contribution in [2.45, 2.75) is 19.4 Å². The average Bonchev–Trinajstić information content (AvgIpc) is 2.95. The van der Waals surface area contributed by atoms with E-state index >= 15 is 0 Å². The van der Waals surface area contributed by atoms with Gasteiger partial charge in [0.15, 0.2) is 5.82 Å². The zero-order valence-corrected chi connectivity index (χ0v) is 9.67. The van der Waals surface area contributed by atoms with Gasteiger partial charge in [0.1, 0.15) is 0 Å². The molecule has 0 spiro atoms. The second-order valence-corrected chi connectivity index (χ2v) is 4.19. The lowest BCUT2D eigenvalue weighted by Gasteiger charge is -2.16. The lowest BCUT2D eigenvalue weighted by Crippen LogP contribution is -2.38. The van der Waals surface area contributed by atoms with E-state index in [0.29, 0.717) is 18.9 Å². The maximum atomic E-state index is 11.8. The molecule has 1 aromatic heterocycles. The lowest BCUT2D eigenvalue weighted by atomic mass is 10.1. The molecular formula is C9H14N6O3. The molecule has 0 aromatic carbocycles. The highest BCUT2D eigenvalue weighted by Gasteiger charge is 2.27. The summed E-state index contributed by atoms with van der Waals surface area (Å²) in [7, 11) is 0. The maximum Gasteiger partial charge on any atom is 0.317 e. The Morgan fingerprint density at radius 1 is 1.56 bits per heavy atom. The molecule has 1 saturated heterocycles. The number of tetrazole rings is 1. The minimum absolute atomic E-state index is 0.0402. The van der Waals surface area contributed by atoms with Crippen molar-refractivity contribution in [3.63, 3.8) is 0 Å². The topological polar surface area (TPSA) is 124 Å². The summed E-state index contributed by atoms with van der Waals surface area (Å²) in [6, 6.07) is -0.229. The molecule has 1 unspecified atom stereocenters. The summed E-state index contributed by atoms with van der Waals surface area (Å²) in [4.78, 5) is 23.9. The molecule has 0 bridgehead atoms. The van der Waals surface area contributed by atoms with E-state index in [2.05, 4.69) is 25.9 Å². The Balaban J connectivity index is 1.75. The number of rotatable bonds is 4. The van der Waals surface area contributed by atoms with Crippen LogP contribution < -0.4 is 5.32 Å². The van der Waals surface area contributed by atoms with Crippen LogP contribution in [0.3, 0.4) is 0 Å². The number of carboxylic acids is 1. The zero-order valence-electron chi connectivity index (χ0n) is 9.67. The SMILES string of the molecule is O=C(O)CC1CCN(C(=O)NCc2nn[nH]n2)C1. The van der Waals surface area contributed by atoms with Crippen molar-refractivity contribution in [3.8, 4) is 0 Å². The van der Waals surface area contributed by atoms with E-state index in [9.17, 15) is 9.59 Å². The number of carboxylic acid groups (broad SMARTS) is 1. The second kappa shape index (κ2) is 5.43. The number of nitrogens with zero attached hydrogens (tertiary/aromatic N) is 4. The van der Waals surface area contributed by atoms with Gasteiger partial charge >= 0.3 is 12.0 Å². The van der Waals surface area contributed by atoms with E-state index in [1.54, 1.807) is 4.90 Å². The number of nitrogens with one attached hydrogen (secondary N) is 2. The molecule has 1 aromatic rings. The zero-order chi connectivity index (χ0) is 13.0. The summed E-state index contributed by atoms with van der Waals surface area (Å²) >= 11 is 0. The number of carbonyl (C=O) groups excluding carboxylic acids is 1. The van der Waals surface area contributed by atoms with Gasteiger partial charge in [0, 0.05) is 19.5 Å². The molecule has 9 nitrogen and oxygen atoms in total. The van der Waals surface area contributed by atoms with Gasteiger partial charge in [-0.2, -0.15) is 5.21 Å². The third-order valence-electron chi connectivity index (χ3n) is 2.82. The standard InChI is InChI=1S/C9H14N6O3/c16-8(17)3-6-1-2-15(5-6)9(18)10-4-7-11-13-14-12-7/h6H,1-5H2,(H,10,18)(H,16,17)(H,11,12,13,14). The van der Waals surface area contributed by atoms with Crippen molar-refractivity contribution in [2.75, 3.05) is 13.1 Å². The Hall–Kier alpha value is -2.19. The molecule has 9 heteroatoms. The Morgan fingerprint density at radius 3 is 3.06 bits per heavy atom. The second-order valence-electron chi connectivity index (χ2n) is 4.19. The summed E-state index contributed by atoms with van der Waals surface area (Å²) in [5, 5.41) is 24.4. The van der Waals surface area contributed by atoms with Crippen LogP contribution in [-0.4, -0.2) is 55.7 Å². The first-order chi connectivity index (χ1) is 8.65. The van der Waals surface area contributed by atoms with Gasteiger partial charge in [0.25, 0.3) is 0 Å². The Kier molecular flexibility index (Phi) is 3.70. The van der Waals surface area contributed by atoms with E-state index in [1.165, 1.54) is 0 Å². The Labute approximate surface area is 103 Å². The van der Waals surface area contributed by atoms with Gasteiger partial charge in [-0.05, 0) is 12.3 Å². The van der Waals surface area contributed by atoms with Crippen molar-refractivity contribution in [2.24, 2.45) is 5.92 Å². The van der Waals surface area contributed by atoms with E-state index in [-0.39, 0.29) is 24.9 Å². The van der Waals surface area contributed by atoms with Crippen LogP contribution in [0.4, 0.5) is 4.79 Å². The van der Waals surface area contributed by atoms with Crippen LogP contribution >= 0.6 is 0 Å². The largest absolute Gasteiger partial charge is 0.481 e. The van der Waals surface area contributed by atoms with Gasteiger partial charge in [-0.1, -0.05) is 5.21 Å². The summed E-state index contributed by atoms with van der Waals surface area (Å²) in [6.07, 6.45) is 0.830. The minimum Gasteiger partial charge on any atom is -0.481 e. The summed E-state index contributed by atoms with van der Waals surface area (Å²) in [5.41, 5.74) is 0. The molecule has 1 atom stereocenters. The van der Waals surface area contributed by atoms with Crippen molar-refractivity contribution < 1.29 is 14.7 Å². The third kappa shape index (κ3) is 3.15. The van der Waals surface area contributed by atoms with Crippen molar-refractivity contribution in [1.82, 2.24) is 30.8 Å². The molecule has 1 aliphatic rings. The smallest absolute Gasteiger partial charge is 0.317 e. The van der Waals surface area contributed by atoms with Gasteiger partial charge in [-0.3, -0.25) is 4.79 Å². The monoisotopic (exact) mass is 254 g/mol. The number of aromatic amines is 1. The van der Waals surface area contributed by atoms with E-state index in [0.717, 1.165) is 6.42 Å². The van der Waals surface area contributed by atoms with Crippen molar-refractivity contribution >= 4 is 12.0 Å². The van der Waals surface area contributed by atoms with Crippen molar-refractivity contribution in [3.05, 3.63) is 5.82 Å². The maximum absolute atomic E-state index is 11.8. The number of hydrogen-bond donors (Lipinski definition) is 3. The van der Waals surface area contributed by atoms with E-state index in [1.807, 2.05) is 0 Å². The minimum atomic E-state index is -0.825. The normalized spacial score (nSPS) is 18.9. The van der Waals surface area contributed by atoms with Gasteiger partial charge in [0.05, 0.1) is 6.54 Å². The fourth-order valence-corrected chi connectivity index (χ4v) is 1.95. The molecule has 2 heterocycles. The fourth-order valence-electron chi connectivity index (χ4n) is 1.95. The lowest BCUT2D eigenvalue weighted by molar-refractivity contribution is -0.138. The van der Waals surface area contributed by atoms with Crippen molar-refractivity contribution in [1.29, 1.82) is 0 Å². The highest BCUT2D eigenvalue weighted by molar-refractivity contribution is 5.74.